The first-order valence-electron chi connectivity index (χ1n) is 6.88. The number of benzene rings is 1. The van der Waals surface area contributed by atoms with Crippen LogP contribution in [0.4, 0.5) is 0 Å². The minimum absolute atomic E-state index is 0.121. The lowest BCUT2D eigenvalue weighted by atomic mass is 10.0. The summed E-state index contributed by atoms with van der Waals surface area (Å²) in [4.78, 5) is 14.6. The van der Waals surface area contributed by atoms with Crippen LogP contribution in [0.5, 0.6) is 5.75 Å². The monoisotopic (exact) mass is 365 g/mol. The van der Waals surface area contributed by atoms with Crippen LogP contribution < -0.4 is 4.74 Å². The molecule has 0 bridgehead atoms. The zero-order valence-electron chi connectivity index (χ0n) is 11.7. The number of hydrogen-bond donors (Lipinski definition) is 0. The van der Waals surface area contributed by atoms with E-state index in [1.165, 1.54) is 5.56 Å². The molecule has 1 aromatic heterocycles. The normalized spacial score (nSPS) is 18.0. The van der Waals surface area contributed by atoms with Gasteiger partial charge in [-0.1, -0.05) is 12.1 Å². The molecule has 0 radical (unpaired) electrons. The molecule has 21 heavy (non-hydrogen) atoms. The Bertz CT molecular complexity index is 638. The molecule has 1 atom stereocenters. The van der Waals surface area contributed by atoms with Gasteiger partial charge < -0.3 is 9.64 Å². The predicted molar refractivity (Wildman–Crippen MR) is 88.0 cm³/mol. The molecule has 0 spiro atoms. The molecule has 1 aliphatic rings. The van der Waals surface area contributed by atoms with Crippen LogP contribution in [0.1, 0.15) is 34.8 Å². The van der Waals surface area contributed by atoms with Crippen LogP contribution in [-0.2, 0) is 0 Å². The first-order chi connectivity index (χ1) is 10.2. The average Bonchev–Trinajstić information content (AvgIpc) is 3.15. The largest absolute Gasteiger partial charge is 0.497 e. The van der Waals surface area contributed by atoms with Gasteiger partial charge in [0.25, 0.3) is 5.91 Å². The Morgan fingerprint density at radius 3 is 2.76 bits per heavy atom. The number of hydrogen-bond acceptors (Lipinski definition) is 3. The zero-order valence-corrected chi connectivity index (χ0v) is 14.1. The minimum atomic E-state index is 0.121. The van der Waals surface area contributed by atoms with E-state index in [0.717, 1.165) is 34.5 Å². The fourth-order valence-electron chi connectivity index (χ4n) is 2.77. The number of nitrogens with zero attached hydrogens (tertiary/aromatic N) is 1. The van der Waals surface area contributed by atoms with E-state index in [1.807, 2.05) is 28.5 Å². The lowest BCUT2D eigenvalue weighted by Crippen LogP contribution is -2.30. The molecule has 1 aliphatic heterocycles. The predicted octanol–water partition coefficient (Wildman–Crippen LogP) is 4.50. The van der Waals surface area contributed by atoms with E-state index < -0.39 is 0 Å². The van der Waals surface area contributed by atoms with Crippen molar-refractivity contribution in [1.29, 1.82) is 0 Å². The Balaban J connectivity index is 1.83. The van der Waals surface area contributed by atoms with Gasteiger partial charge in [0.15, 0.2) is 0 Å². The van der Waals surface area contributed by atoms with Gasteiger partial charge in [-0.3, -0.25) is 4.79 Å². The van der Waals surface area contributed by atoms with E-state index in [4.69, 9.17) is 4.74 Å². The number of thiophene rings is 1. The van der Waals surface area contributed by atoms with Crippen molar-refractivity contribution in [2.45, 2.75) is 18.9 Å². The van der Waals surface area contributed by atoms with E-state index in [9.17, 15) is 4.79 Å². The van der Waals surface area contributed by atoms with Gasteiger partial charge in [0.1, 0.15) is 5.75 Å². The summed E-state index contributed by atoms with van der Waals surface area (Å²) in [6.45, 7) is 0.822. The molecule has 3 nitrogen and oxygen atoms in total. The molecule has 1 fully saturated rings. The van der Waals surface area contributed by atoms with E-state index >= 15 is 0 Å². The maximum Gasteiger partial charge on any atom is 0.255 e. The van der Waals surface area contributed by atoms with Crippen molar-refractivity contribution < 1.29 is 9.53 Å². The third-order valence-electron chi connectivity index (χ3n) is 3.83. The van der Waals surface area contributed by atoms with Gasteiger partial charge in [0.2, 0.25) is 0 Å². The molecular weight excluding hydrogens is 350 g/mol. The molecule has 1 unspecified atom stereocenters. The highest BCUT2D eigenvalue weighted by Gasteiger charge is 2.30. The molecule has 1 amide bonds. The number of carbonyl (C=O) groups is 1. The van der Waals surface area contributed by atoms with Crippen LogP contribution in [0.3, 0.4) is 0 Å². The molecule has 0 aliphatic carbocycles. The maximum absolute atomic E-state index is 12.7. The van der Waals surface area contributed by atoms with Crippen LogP contribution in [0, 0.1) is 0 Å². The van der Waals surface area contributed by atoms with Crippen molar-refractivity contribution >= 4 is 33.2 Å². The molecule has 1 aromatic carbocycles. The second-order valence-corrected chi connectivity index (χ2v) is 7.36. The van der Waals surface area contributed by atoms with Crippen molar-refractivity contribution in [2.75, 3.05) is 13.7 Å². The molecule has 1 saturated heterocycles. The van der Waals surface area contributed by atoms with Crippen LogP contribution in [0.25, 0.3) is 0 Å². The molecule has 5 heteroatoms. The molecule has 2 heterocycles. The van der Waals surface area contributed by atoms with E-state index in [1.54, 1.807) is 18.4 Å². The maximum atomic E-state index is 12.7. The van der Waals surface area contributed by atoms with Crippen LogP contribution in [-0.4, -0.2) is 24.5 Å². The van der Waals surface area contributed by atoms with Gasteiger partial charge in [-0.2, -0.15) is 0 Å². The number of amides is 1. The summed E-state index contributed by atoms with van der Waals surface area (Å²) in [5.74, 6) is 0.964. The van der Waals surface area contributed by atoms with Gasteiger partial charge in [0.05, 0.1) is 22.5 Å². The van der Waals surface area contributed by atoms with Crippen LogP contribution in [0.15, 0.2) is 39.5 Å². The van der Waals surface area contributed by atoms with Crippen LogP contribution >= 0.6 is 27.3 Å². The van der Waals surface area contributed by atoms with Gasteiger partial charge >= 0.3 is 0 Å². The van der Waals surface area contributed by atoms with Crippen molar-refractivity contribution in [3.63, 3.8) is 0 Å². The molecule has 3 rings (SSSR count). The number of halogens is 1. The second kappa shape index (κ2) is 6.20. The third kappa shape index (κ3) is 2.99. The number of rotatable bonds is 3. The van der Waals surface area contributed by atoms with Gasteiger partial charge in [-0.25, -0.2) is 0 Å². The van der Waals surface area contributed by atoms with Gasteiger partial charge in [0, 0.05) is 11.9 Å². The van der Waals surface area contributed by atoms with E-state index in [2.05, 4.69) is 28.1 Å². The van der Waals surface area contributed by atoms with Crippen molar-refractivity contribution in [2.24, 2.45) is 0 Å². The summed E-state index contributed by atoms with van der Waals surface area (Å²) in [5.41, 5.74) is 1.95. The minimum Gasteiger partial charge on any atom is -0.497 e. The van der Waals surface area contributed by atoms with Crippen molar-refractivity contribution in [3.8, 4) is 5.75 Å². The summed E-state index contributed by atoms with van der Waals surface area (Å²) in [6.07, 6.45) is 2.07. The lowest BCUT2D eigenvalue weighted by molar-refractivity contribution is 0.0736. The number of methoxy groups -OCH3 is 1. The number of likely N-dealkylation sites (tertiary alicyclic amines) is 1. The first-order valence-corrected chi connectivity index (χ1v) is 8.55. The van der Waals surface area contributed by atoms with Gasteiger partial charge in [-0.15, -0.1) is 11.3 Å². The van der Waals surface area contributed by atoms with Gasteiger partial charge in [-0.05, 0) is 52.5 Å². The molecule has 2 aromatic rings. The average molecular weight is 366 g/mol. The fraction of sp³-hybridized carbons (Fsp3) is 0.312. The number of ether oxygens (including phenoxy) is 1. The highest BCUT2D eigenvalue weighted by Crippen LogP contribution is 2.34. The third-order valence-corrected chi connectivity index (χ3v) is 5.33. The molecular formula is C16H16BrNO2S. The highest BCUT2D eigenvalue weighted by molar-refractivity contribution is 9.11. The van der Waals surface area contributed by atoms with Crippen molar-refractivity contribution in [3.05, 3.63) is 50.6 Å². The summed E-state index contributed by atoms with van der Waals surface area (Å²) >= 11 is 4.96. The van der Waals surface area contributed by atoms with E-state index in [-0.39, 0.29) is 11.9 Å². The smallest absolute Gasteiger partial charge is 0.255 e. The topological polar surface area (TPSA) is 29.5 Å². The zero-order chi connectivity index (χ0) is 14.8. The fourth-order valence-corrected chi connectivity index (χ4v) is 3.90. The molecule has 0 saturated carbocycles. The quantitative estimate of drug-likeness (QED) is 0.801. The van der Waals surface area contributed by atoms with E-state index in [0.29, 0.717) is 0 Å². The standard InChI is InChI=1S/C16H16BrNO2S/c1-20-13-6-4-11(5-7-13)14-3-2-8-18(14)16(19)12-9-15(17)21-10-12/h4-7,9-10,14H,2-3,8H2,1H3. The first kappa shape index (κ1) is 14.6. The summed E-state index contributed by atoms with van der Waals surface area (Å²) in [7, 11) is 1.66. The SMILES string of the molecule is COc1ccc(C2CCCN2C(=O)c2csc(Br)c2)cc1. The van der Waals surface area contributed by atoms with Crippen LogP contribution in [0.2, 0.25) is 0 Å². The Kier molecular flexibility index (Phi) is 4.31. The number of carbonyl (C=O) groups excluding carboxylic acids is 1. The Morgan fingerprint density at radius 1 is 1.38 bits per heavy atom. The summed E-state index contributed by atoms with van der Waals surface area (Å²) < 4.78 is 6.19. The Labute approximate surface area is 136 Å². The highest BCUT2D eigenvalue weighted by atomic mass is 79.9. The summed E-state index contributed by atoms with van der Waals surface area (Å²) in [5, 5.41) is 1.91. The lowest BCUT2D eigenvalue weighted by Gasteiger charge is -2.25. The van der Waals surface area contributed by atoms with Crippen molar-refractivity contribution in [1.82, 2.24) is 4.90 Å². The molecule has 0 N–H and O–H groups in total. The second-order valence-electron chi connectivity index (χ2n) is 5.07. The Morgan fingerprint density at radius 2 is 2.14 bits per heavy atom. The molecule has 110 valence electrons. The Hall–Kier alpha value is -1.33. The summed E-state index contributed by atoms with van der Waals surface area (Å²) in [6, 6.07) is 10.1.